The largest absolute Gasteiger partial charge is 0.387 e. The van der Waals surface area contributed by atoms with Crippen molar-refractivity contribution in [3.63, 3.8) is 0 Å². The molecule has 0 saturated heterocycles. The van der Waals surface area contributed by atoms with E-state index in [0.717, 1.165) is 12.0 Å². The fourth-order valence-corrected chi connectivity index (χ4v) is 7.43. The Morgan fingerprint density at radius 3 is 2.03 bits per heavy atom. The molecule has 0 aliphatic heterocycles. The minimum atomic E-state index is -0.507. The summed E-state index contributed by atoms with van der Waals surface area (Å²) in [6.07, 6.45) is 3.02. The lowest BCUT2D eigenvalue weighted by Crippen LogP contribution is -2.37. The van der Waals surface area contributed by atoms with E-state index in [9.17, 15) is 5.11 Å². The first-order chi connectivity index (χ1) is 15.3. The van der Waals surface area contributed by atoms with E-state index in [2.05, 4.69) is 83.1 Å². The Morgan fingerprint density at radius 2 is 1.44 bits per heavy atom. The zero-order valence-corrected chi connectivity index (χ0v) is 20.9. The minimum absolute atomic E-state index is 0.0648. The van der Waals surface area contributed by atoms with Crippen LogP contribution in [0.2, 0.25) is 0 Å². The fraction of sp³-hybridized carbons (Fsp3) is 0.400. The summed E-state index contributed by atoms with van der Waals surface area (Å²) in [5, 5.41) is 11.9. The van der Waals surface area contributed by atoms with Crippen LogP contribution in [-0.2, 0) is 5.41 Å². The molecule has 1 nitrogen and oxygen atoms in total. The maximum atomic E-state index is 11.8. The van der Waals surface area contributed by atoms with Crippen molar-refractivity contribution < 1.29 is 5.11 Å². The number of rotatable bonds is 6. The number of benzene rings is 3. The van der Waals surface area contributed by atoms with Gasteiger partial charge >= 0.3 is 0 Å². The van der Waals surface area contributed by atoms with Crippen molar-refractivity contribution in [3.05, 3.63) is 100 Å². The summed E-state index contributed by atoms with van der Waals surface area (Å²) in [4.78, 5) is 1.35. The highest BCUT2D eigenvalue weighted by molar-refractivity contribution is 8.00. The summed E-state index contributed by atoms with van der Waals surface area (Å²) in [5.41, 5.74) is 7.86. The molecule has 1 aliphatic rings. The van der Waals surface area contributed by atoms with Crippen LogP contribution in [0.15, 0.2) is 71.6 Å². The molecule has 1 aliphatic carbocycles. The molecule has 0 unspecified atom stereocenters. The van der Waals surface area contributed by atoms with E-state index in [1.165, 1.54) is 45.6 Å². The SMILES string of the molecule is Cc1cc(C)c(C)c(S[C@@H]([C@H]2CCC[C@]2(C)c2ccccc2)[C@@H](O)c2ccccc2)c1C. The summed E-state index contributed by atoms with van der Waals surface area (Å²) >= 11 is 1.92. The third kappa shape index (κ3) is 4.28. The lowest BCUT2D eigenvalue weighted by molar-refractivity contribution is 0.135. The Hall–Kier alpha value is -2.03. The van der Waals surface area contributed by atoms with Crippen LogP contribution in [0.4, 0.5) is 0 Å². The van der Waals surface area contributed by atoms with E-state index >= 15 is 0 Å². The van der Waals surface area contributed by atoms with Gasteiger partial charge in [-0.3, -0.25) is 0 Å². The van der Waals surface area contributed by atoms with Crippen LogP contribution in [0.5, 0.6) is 0 Å². The second-order valence-electron chi connectivity index (χ2n) is 9.81. The topological polar surface area (TPSA) is 20.2 Å². The first-order valence-corrected chi connectivity index (χ1v) is 12.7. The van der Waals surface area contributed by atoms with Gasteiger partial charge in [-0.25, -0.2) is 0 Å². The van der Waals surface area contributed by atoms with Gasteiger partial charge in [0.2, 0.25) is 0 Å². The van der Waals surface area contributed by atoms with E-state index in [0.29, 0.717) is 5.92 Å². The van der Waals surface area contributed by atoms with Gasteiger partial charge in [0.25, 0.3) is 0 Å². The van der Waals surface area contributed by atoms with Crippen molar-refractivity contribution in [2.75, 3.05) is 0 Å². The predicted octanol–water partition coefficient (Wildman–Crippen LogP) is 7.87. The van der Waals surface area contributed by atoms with Gasteiger partial charge in [0.05, 0.1) is 6.10 Å². The van der Waals surface area contributed by atoms with Crippen LogP contribution in [-0.4, -0.2) is 10.4 Å². The van der Waals surface area contributed by atoms with Crippen LogP contribution >= 0.6 is 11.8 Å². The molecule has 4 rings (SSSR count). The highest BCUT2D eigenvalue weighted by Gasteiger charge is 2.47. The third-order valence-corrected chi connectivity index (χ3v) is 9.57. The highest BCUT2D eigenvalue weighted by Crippen LogP contribution is 2.54. The van der Waals surface area contributed by atoms with Gasteiger partial charge < -0.3 is 5.11 Å². The van der Waals surface area contributed by atoms with Gasteiger partial charge in [-0.15, -0.1) is 11.8 Å². The lowest BCUT2D eigenvalue weighted by atomic mass is 9.71. The van der Waals surface area contributed by atoms with Crippen molar-refractivity contribution in [2.24, 2.45) is 5.92 Å². The minimum Gasteiger partial charge on any atom is -0.387 e. The molecule has 0 amide bonds. The first-order valence-electron chi connectivity index (χ1n) is 11.9. The smallest absolute Gasteiger partial charge is 0.0915 e. The van der Waals surface area contributed by atoms with E-state index < -0.39 is 6.10 Å². The van der Waals surface area contributed by atoms with Crippen molar-refractivity contribution >= 4 is 11.8 Å². The standard InChI is InChI=1S/C30H36OS/c1-20-19-21(2)23(4)28(22(20)3)32-29(27(31)24-13-8-6-9-14-24)26-17-12-18-30(26,5)25-15-10-7-11-16-25/h6-11,13-16,19,26-27,29,31H,12,17-18H2,1-5H3/t26-,27+,29+,30-/m1/s1. The molecule has 168 valence electrons. The lowest BCUT2D eigenvalue weighted by Gasteiger charge is -2.40. The maximum absolute atomic E-state index is 11.8. The number of aliphatic hydroxyl groups is 1. The quantitative estimate of drug-likeness (QED) is 0.390. The molecular formula is C30H36OS. The van der Waals surface area contributed by atoms with E-state index in [1.807, 2.05) is 30.0 Å². The zero-order valence-electron chi connectivity index (χ0n) is 20.1. The van der Waals surface area contributed by atoms with Crippen LogP contribution in [0.3, 0.4) is 0 Å². The monoisotopic (exact) mass is 444 g/mol. The summed E-state index contributed by atoms with van der Waals surface area (Å²) in [7, 11) is 0. The first kappa shape index (κ1) is 23.1. The Morgan fingerprint density at radius 1 is 0.875 bits per heavy atom. The van der Waals surface area contributed by atoms with Crippen molar-refractivity contribution in [1.82, 2.24) is 0 Å². The van der Waals surface area contributed by atoms with Crippen LogP contribution in [0.25, 0.3) is 0 Å². The molecule has 32 heavy (non-hydrogen) atoms. The molecule has 0 radical (unpaired) electrons. The zero-order chi connectivity index (χ0) is 22.9. The maximum Gasteiger partial charge on any atom is 0.0915 e. The van der Waals surface area contributed by atoms with Gasteiger partial charge in [-0.1, -0.05) is 80.1 Å². The van der Waals surface area contributed by atoms with Crippen LogP contribution in [0, 0.1) is 33.6 Å². The summed E-state index contributed by atoms with van der Waals surface area (Å²) < 4.78 is 0. The molecule has 0 heterocycles. The van der Waals surface area contributed by atoms with E-state index in [-0.39, 0.29) is 10.7 Å². The second kappa shape index (κ2) is 9.45. The molecule has 0 spiro atoms. The number of hydrogen-bond acceptors (Lipinski definition) is 2. The Bertz CT molecular complexity index is 1030. The molecule has 1 N–H and O–H groups in total. The summed E-state index contributed by atoms with van der Waals surface area (Å²) in [6.45, 7) is 11.3. The normalized spacial score (nSPS) is 22.6. The molecular weight excluding hydrogens is 408 g/mol. The van der Waals surface area contributed by atoms with Crippen molar-refractivity contribution in [1.29, 1.82) is 0 Å². The predicted molar refractivity (Wildman–Crippen MR) is 138 cm³/mol. The van der Waals surface area contributed by atoms with Crippen LogP contribution < -0.4 is 0 Å². The summed E-state index contributed by atoms with van der Waals surface area (Å²) in [5.74, 6) is 0.393. The number of aliphatic hydroxyl groups excluding tert-OH is 1. The van der Waals surface area contributed by atoms with Gasteiger partial charge in [0, 0.05) is 10.1 Å². The summed E-state index contributed by atoms with van der Waals surface area (Å²) in [6, 6.07) is 23.5. The van der Waals surface area contributed by atoms with Gasteiger partial charge in [0.15, 0.2) is 0 Å². The molecule has 1 fully saturated rings. The fourth-order valence-electron chi connectivity index (χ4n) is 5.60. The molecule has 3 aromatic rings. The van der Waals surface area contributed by atoms with Gasteiger partial charge in [-0.05, 0) is 85.3 Å². The van der Waals surface area contributed by atoms with E-state index in [4.69, 9.17) is 0 Å². The second-order valence-corrected chi connectivity index (χ2v) is 11.0. The number of thioether (sulfide) groups is 1. The number of hydrogen-bond donors (Lipinski definition) is 1. The molecule has 0 aromatic heterocycles. The van der Waals surface area contributed by atoms with Gasteiger partial charge in [0.1, 0.15) is 0 Å². The average molecular weight is 445 g/mol. The highest BCUT2D eigenvalue weighted by atomic mass is 32.2. The molecule has 0 bridgehead atoms. The van der Waals surface area contributed by atoms with Crippen molar-refractivity contribution in [3.8, 4) is 0 Å². The van der Waals surface area contributed by atoms with Crippen molar-refractivity contribution in [2.45, 2.75) is 75.5 Å². The molecule has 4 atom stereocenters. The average Bonchev–Trinajstić information content (AvgIpc) is 3.21. The Balaban J connectivity index is 1.81. The molecule has 1 saturated carbocycles. The molecule has 3 aromatic carbocycles. The number of aryl methyl sites for hydroxylation is 2. The van der Waals surface area contributed by atoms with Gasteiger partial charge in [-0.2, -0.15) is 0 Å². The van der Waals surface area contributed by atoms with E-state index in [1.54, 1.807) is 0 Å². The van der Waals surface area contributed by atoms with Crippen LogP contribution in [0.1, 0.15) is 65.7 Å². The third-order valence-electron chi connectivity index (χ3n) is 7.86. The molecule has 2 heteroatoms. The Kier molecular flexibility index (Phi) is 6.83. The Labute approximate surface area is 198 Å².